The van der Waals surface area contributed by atoms with E-state index < -0.39 is 45.0 Å². The number of fused-ring (bicyclic) bond motifs is 2. The Balaban J connectivity index is 0.00000235. The third-order valence-electron chi connectivity index (χ3n) is 6.32. The molecule has 0 aromatic heterocycles. The zero-order valence-corrected chi connectivity index (χ0v) is 32.8. The molecule has 5 aromatic rings. The molecule has 0 fully saturated rings. The molecule has 0 unspecified atom stereocenters. The fourth-order valence-corrected chi connectivity index (χ4v) is 6.39. The topological polar surface area (TPSA) is 208 Å². The van der Waals surface area contributed by atoms with Gasteiger partial charge in [0, 0.05) is 27.5 Å². The van der Waals surface area contributed by atoms with Crippen LogP contribution >= 0.6 is 0 Å². The normalized spacial score (nSPS) is 11.9. The Morgan fingerprint density at radius 3 is 1.76 bits per heavy atom. The van der Waals surface area contributed by atoms with Crippen molar-refractivity contribution in [2.75, 3.05) is 5.32 Å². The Bertz CT molecular complexity index is 2260. The van der Waals surface area contributed by atoms with Crippen molar-refractivity contribution in [1.29, 1.82) is 0 Å². The molecule has 5 rings (SSSR count). The zero-order chi connectivity index (χ0) is 30.4. The number of anilines is 2. The van der Waals surface area contributed by atoms with E-state index in [9.17, 15) is 38.9 Å². The zero-order valence-electron chi connectivity index (χ0n) is 24.4. The minimum Gasteiger partial charge on any atom is -0.744 e. The molecule has 0 aliphatic rings. The number of hydrogen-bond acceptors (Lipinski definition) is 12. The van der Waals surface area contributed by atoms with Crippen LogP contribution in [0.1, 0.15) is 5.56 Å². The van der Waals surface area contributed by atoms with Crippen LogP contribution < -0.4 is 94.0 Å². The molecule has 18 heteroatoms. The first kappa shape index (κ1) is 39.9. The van der Waals surface area contributed by atoms with Gasteiger partial charge in [-0.05, 0) is 72.5 Å². The molecule has 0 saturated carbocycles. The van der Waals surface area contributed by atoms with Crippen LogP contribution in [0.5, 0.6) is 0 Å². The van der Waals surface area contributed by atoms with Crippen LogP contribution in [0.3, 0.4) is 0 Å². The predicted molar refractivity (Wildman–Crippen MR) is 150 cm³/mol. The molecular weight excluding hydrogens is 675 g/mol. The van der Waals surface area contributed by atoms with Crippen molar-refractivity contribution in [3.63, 3.8) is 0 Å². The van der Waals surface area contributed by atoms with Crippen molar-refractivity contribution in [1.82, 2.24) is 0 Å². The van der Waals surface area contributed by atoms with Gasteiger partial charge in [-0.15, -0.1) is 10.2 Å². The number of hydrogen-bond donors (Lipinski definition) is 1. The number of nitrogens with one attached hydrogen (secondary N) is 1. The van der Waals surface area contributed by atoms with Crippen molar-refractivity contribution < 1.29 is 128 Å². The largest absolute Gasteiger partial charge is 1.00 e. The summed E-state index contributed by atoms with van der Waals surface area (Å²) in [4.78, 5) is -1.88. The number of para-hydroxylation sites is 1. The molecule has 12 nitrogen and oxygen atoms in total. The van der Waals surface area contributed by atoms with Crippen LogP contribution in [0, 0.1) is 6.92 Å². The van der Waals surface area contributed by atoms with E-state index in [1.807, 2.05) is 0 Å². The minimum absolute atomic E-state index is 0. The van der Waals surface area contributed by atoms with E-state index in [1.165, 1.54) is 31.2 Å². The van der Waals surface area contributed by atoms with E-state index in [1.54, 1.807) is 30.3 Å². The first-order valence-electron chi connectivity index (χ1n) is 11.9. The van der Waals surface area contributed by atoms with Crippen LogP contribution in [0.4, 0.5) is 22.7 Å². The Morgan fingerprint density at radius 1 is 0.600 bits per heavy atom. The Labute approximate surface area is 325 Å². The van der Waals surface area contributed by atoms with Gasteiger partial charge in [-0.2, -0.15) is 0 Å². The van der Waals surface area contributed by atoms with E-state index in [0.717, 1.165) is 30.3 Å². The van der Waals surface area contributed by atoms with Gasteiger partial charge in [0.05, 0.1) is 26.1 Å². The van der Waals surface area contributed by atoms with Crippen molar-refractivity contribution >= 4 is 74.6 Å². The summed E-state index contributed by atoms with van der Waals surface area (Å²) < 4.78 is 107. The molecule has 0 amide bonds. The molecule has 0 bridgehead atoms. The van der Waals surface area contributed by atoms with Gasteiger partial charge in [0.1, 0.15) is 30.4 Å². The summed E-state index contributed by atoms with van der Waals surface area (Å²) in [6, 6.07) is 19.7. The van der Waals surface area contributed by atoms with Gasteiger partial charge < -0.3 is 19.0 Å². The van der Waals surface area contributed by atoms with Crippen molar-refractivity contribution in [3.05, 3.63) is 90.5 Å². The molecule has 0 atom stereocenters. The second-order valence-electron chi connectivity index (χ2n) is 9.15. The van der Waals surface area contributed by atoms with Crippen LogP contribution in [-0.4, -0.2) is 38.9 Å². The Morgan fingerprint density at radius 2 is 1.18 bits per heavy atom. The third kappa shape index (κ3) is 9.01. The van der Waals surface area contributed by atoms with E-state index in [-0.39, 0.29) is 133 Å². The Hall–Kier alpha value is -1.25. The van der Waals surface area contributed by atoms with Gasteiger partial charge in [0.25, 0.3) is 0 Å². The number of aryl methyl sites for hydroxylation is 1. The SMILES string of the molecule is Cc1cc(S(=O)(=O)[O-])cc2cc(S(=O)(=O)[O-])cc(N=Nc3ccc(Nc4ccccc4)c4c(S(=O)(=O)[O-])cccc34)c12.[Na+].[Na+].[Na+]. The molecule has 1 N–H and O–H groups in total. The average Bonchev–Trinajstić information content (AvgIpc) is 2.90. The quantitative estimate of drug-likeness (QED) is 0.0999. The van der Waals surface area contributed by atoms with Gasteiger partial charge in [0.2, 0.25) is 0 Å². The maximum absolute atomic E-state index is 12.2. The monoisotopic (exact) mass is 693 g/mol. The molecule has 45 heavy (non-hydrogen) atoms. The Kier molecular flexibility index (Phi) is 13.6. The molecule has 0 aliphatic carbocycles. The van der Waals surface area contributed by atoms with Crippen LogP contribution in [-0.2, 0) is 30.4 Å². The summed E-state index contributed by atoms with van der Waals surface area (Å²) in [6.07, 6.45) is 0. The first-order valence-corrected chi connectivity index (χ1v) is 16.1. The standard InChI is InChI=1S/C27H21N3O9S3.3Na/c1-16-12-19(40(31,32)33)13-17-14-20(41(34,35)36)15-24(26(16)17)30-29-22-10-11-23(28-18-6-3-2-4-7-18)27-21(22)8-5-9-25(27)42(37,38)39;;;/h2-15,28H,1H3,(H,31,32,33)(H,34,35,36)(H,37,38,39);;;/q;3*+1/p-3. The fourth-order valence-electron chi connectivity index (χ4n) is 4.56. The minimum atomic E-state index is -5.04. The van der Waals surface area contributed by atoms with Crippen LogP contribution in [0.15, 0.2) is 110 Å². The molecule has 0 aliphatic heterocycles. The number of azo groups is 1. The van der Waals surface area contributed by atoms with E-state index in [2.05, 4.69) is 15.5 Å². The van der Waals surface area contributed by atoms with Crippen molar-refractivity contribution in [3.8, 4) is 0 Å². The van der Waals surface area contributed by atoms with E-state index in [0.29, 0.717) is 5.69 Å². The summed E-state index contributed by atoms with van der Waals surface area (Å²) in [7, 11) is -14.9. The van der Waals surface area contributed by atoms with Crippen LogP contribution in [0.2, 0.25) is 0 Å². The maximum Gasteiger partial charge on any atom is 1.00 e. The van der Waals surface area contributed by atoms with Gasteiger partial charge in [-0.3, -0.25) is 0 Å². The van der Waals surface area contributed by atoms with Crippen molar-refractivity contribution in [2.45, 2.75) is 21.6 Å². The van der Waals surface area contributed by atoms with Gasteiger partial charge in [-0.1, -0.05) is 30.3 Å². The first-order chi connectivity index (χ1) is 19.6. The molecule has 0 saturated heterocycles. The number of benzene rings is 5. The average molecular weight is 694 g/mol. The summed E-state index contributed by atoms with van der Waals surface area (Å²) >= 11 is 0. The summed E-state index contributed by atoms with van der Waals surface area (Å²) in [5.41, 5.74) is 1.09. The molecule has 5 aromatic carbocycles. The van der Waals surface area contributed by atoms with Crippen molar-refractivity contribution in [2.24, 2.45) is 10.2 Å². The molecule has 0 spiro atoms. The van der Waals surface area contributed by atoms with Gasteiger partial charge in [-0.25, -0.2) is 25.3 Å². The molecule has 0 radical (unpaired) electrons. The summed E-state index contributed by atoms with van der Waals surface area (Å²) in [5, 5.41) is 11.8. The molecule has 0 heterocycles. The number of rotatable bonds is 7. The molecule has 216 valence electrons. The second-order valence-corrected chi connectivity index (χ2v) is 13.3. The van der Waals surface area contributed by atoms with Crippen LogP contribution in [0.25, 0.3) is 21.5 Å². The number of nitrogens with zero attached hydrogens (tertiary/aromatic N) is 2. The summed E-state index contributed by atoms with van der Waals surface area (Å²) in [5.74, 6) is 0. The second kappa shape index (κ2) is 15.3. The molecular formula is C27H18N3Na3O9S3. The van der Waals surface area contributed by atoms with Gasteiger partial charge >= 0.3 is 88.7 Å². The predicted octanol–water partition coefficient (Wildman–Crippen LogP) is -3.82. The fraction of sp³-hybridized carbons (Fsp3) is 0.0370. The smallest absolute Gasteiger partial charge is 0.744 e. The maximum atomic E-state index is 12.2. The third-order valence-corrected chi connectivity index (χ3v) is 8.82. The van der Waals surface area contributed by atoms with Gasteiger partial charge in [0.15, 0.2) is 0 Å². The van der Waals surface area contributed by atoms with E-state index >= 15 is 0 Å². The van der Waals surface area contributed by atoms with E-state index in [4.69, 9.17) is 0 Å². The summed E-state index contributed by atoms with van der Waals surface area (Å²) in [6.45, 7) is 1.46.